The Balaban J connectivity index is 1.88. The van der Waals surface area contributed by atoms with Crippen molar-refractivity contribution in [2.24, 2.45) is 0 Å². The van der Waals surface area contributed by atoms with E-state index in [-0.39, 0.29) is 24.7 Å². The quantitative estimate of drug-likeness (QED) is 0.742. The van der Waals surface area contributed by atoms with Crippen LogP contribution in [-0.4, -0.2) is 27.8 Å². The third-order valence-electron chi connectivity index (χ3n) is 2.95. The zero-order valence-electron chi connectivity index (χ0n) is 9.61. The molecule has 1 fully saturated rings. The molecule has 1 aromatic carbocycles. The first-order valence-electron chi connectivity index (χ1n) is 5.64. The van der Waals surface area contributed by atoms with Crippen LogP contribution in [0.25, 0.3) is 5.69 Å². The minimum atomic E-state index is -0.129. The SMILES string of the molecule is O=C1CC(=O)N(c2ccc(-n3ccnc3)cc2)C1. The molecule has 0 N–H and O–H groups in total. The van der Waals surface area contributed by atoms with Crippen LogP contribution in [0.2, 0.25) is 0 Å². The van der Waals surface area contributed by atoms with E-state index in [9.17, 15) is 9.59 Å². The van der Waals surface area contributed by atoms with Crippen LogP contribution in [0.15, 0.2) is 43.0 Å². The number of hydrogen-bond acceptors (Lipinski definition) is 3. The average molecular weight is 241 g/mol. The number of imidazole rings is 1. The van der Waals surface area contributed by atoms with Crippen molar-refractivity contribution in [1.29, 1.82) is 0 Å². The van der Waals surface area contributed by atoms with E-state index < -0.39 is 0 Å². The smallest absolute Gasteiger partial charge is 0.234 e. The summed E-state index contributed by atoms with van der Waals surface area (Å²) in [5.41, 5.74) is 1.73. The van der Waals surface area contributed by atoms with Crippen LogP contribution in [0.3, 0.4) is 0 Å². The van der Waals surface area contributed by atoms with Gasteiger partial charge in [-0.15, -0.1) is 0 Å². The van der Waals surface area contributed by atoms with Crippen molar-refractivity contribution in [1.82, 2.24) is 9.55 Å². The summed E-state index contributed by atoms with van der Waals surface area (Å²) in [4.78, 5) is 28.3. The predicted molar refractivity (Wildman–Crippen MR) is 65.5 cm³/mol. The number of amides is 1. The summed E-state index contributed by atoms with van der Waals surface area (Å²) >= 11 is 0. The number of benzene rings is 1. The molecule has 0 saturated carbocycles. The third-order valence-corrected chi connectivity index (χ3v) is 2.95. The minimum absolute atomic E-state index is 0.0171. The number of nitrogens with zero attached hydrogens (tertiary/aromatic N) is 3. The first-order valence-corrected chi connectivity index (χ1v) is 5.64. The summed E-state index contributed by atoms with van der Waals surface area (Å²) in [6.45, 7) is 0.184. The fraction of sp³-hybridized carbons (Fsp3) is 0.154. The molecule has 2 aromatic rings. The van der Waals surface area contributed by atoms with Crippen molar-refractivity contribution in [2.45, 2.75) is 6.42 Å². The van der Waals surface area contributed by atoms with E-state index in [0.717, 1.165) is 11.4 Å². The van der Waals surface area contributed by atoms with E-state index in [1.54, 1.807) is 12.5 Å². The van der Waals surface area contributed by atoms with Gasteiger partial charge in [0.2, 0.25) is 5.91 Å². The number of anilines is 1. The summed E-state index contributed by atoms with van der Waals surface area (Å²) in [5, 5.41) is 0. The van der Waals surface area contributed by atoms with E-state index >= 15 is 0 Å². The third kappa shape index (κ3) is 1.79. The van der Waals surface area contributed by atoms with E-state index in [1.165, 1.54) is 4.90 Å². The van der Waals surface area contributed by atoms with E-state index in [0.29, 0.717) is 0 Å². The van der Waals surface area contributed by atoms with Crippen LogP contribution in [0.5, 0.6) is 0 Å². The Bertz CT molecular complexity index is 587. The molecule has 0 atom stereocenters. The maximum atomic E-state index is 11.6. The average Bonchev–Trinajstić information content (AvgIpc) is 2.99. The van der Waals surface area contributed by atoms with Crippen molar-refractivity contribution in [3.8, 4) is 5.69 Å². The van der Waals surface area contributed by atoms with E-state index in [2.05, 4.69) is 4.98 Å². The van der Waals surface area contributed by atoms with Crippen molar-refractivity contribution < 1.29 is 9.59 Å². The Hall–Kier alpha value is -2.43. The molecule has 5 heteroatoms. The van der Waals surface area contributed by atoms with Gasteiger partial charge < -0.3 is 9.47 Å². The Morgan fingerprint density at radius 3 is 2.33 bits per heavy atom. The largest absolute Gasteiger partial charge is 0.306 e. The highest BCUT2D eigenvalue weighted by Gasteiger charge is 2.28. The van der Waals surface area contributed by atoms with Crippen molar-refractivity contribution in [3.63, 3.8) is 0 Å². The molecule has 3 rings (SSSR count). The number of aromatic nitrogens is 2. The van der Waals surface area contributed by atoms with Crippen molar-refractivity contribution >= 4 is 17.4 Å². The van der Waals surface area contributed by atoms with Gasteiger partial charge in [-0.25, -0.2) is 4.98 Å². The van der Waals surface area contributed by atoms with Gasteiger partial charge in [0.25, 0.3) is 0 Å². The summed E-state index contributed by atoms with van der Waals surface area (Å²) in [6.07, 6.45) is 5.28. The molecule has 1 amide bonds. The monoisotopic (exact) mass is 241 g/mol. The minimum Gasteiger partial charge on any atom is -0.306 e. The molecule has 0 unspecified atom stereocenters. The van der Waals surface area contributed by atoms with Gasteiger partial charge in [0, 0.05) is 23.8 Å². The molecule has 1 aliphatic heterocycles. The first-order chi connectivity index (χ1) is 8.74. The molecule has 1 aliphatic rings. The molecule has 0 spiro atoms. The predicted octanol–water partition coefficient (Wildman–Crippen LogP) is 1.18. The zero-order chi connectivity index (χ0) is 12.5. The summed E-state index contributed by atoms with van der Waals surface area (Å²) in [7, 11) is 0. The lowest BCUT2D eigenvalue weighted by Crippen LogP contribution is -2.24. The van der Waals surface area contributed by atoms with Crippen molar-refractivity contribution in [2.75, 3.05) is 11.4 Å². The van der Waals surface area contributed by atoms with Crippen LogP contribution < -0.4 is 4.90 Å². The highest BCUT2D eigenvalue weighted by Crippen LogP contribution is 2.21. The number of carbonyl (C=O) groups is 2. The Morgan fingerprint density at radius 1 is 1.06 bits per heavy atom. The van der Waals surface area contributed by atoms with Gasteiger partial charge in [-0.2, -0.15) is 0 Å². The van der Waals surface area contributed by atoms with Gasteiger partial charge in [-0.3, -0.25) is 9.59 Å². The fourth-order valence-corrected chi connectivity index (χ4v) is 2.04. The van der Waals surface area contributed by atoms with Crippen LogP contribution in [0, 0.1) is 0 Å². The van der Waals surface area contributed by atoms with Crippen LogP contribution >= 0.6 is 0 Å². The highest BCUT2D eigenvalue weighted by molar-refractivity contribution is 6.15. The lowest BCUT2D eigenvalue weighted by atomic mass is 10.2. The highest BCUT2D eigenvalue weighted by atomic mass is 16.2. The lowest BCUT2D eigenvalue weighted by Gasteiger charge is -2.15. The number of rotatable bonds is 2. The maximum absolute atomic E-state index is 11.6. The van der Waals surface area contributed by atoms with Gasteiger partial charge in [0.05, 0.1) is 19.3 Å². The van der Waals surface area contributed by atoms with Crippen LogP contribution in [-0.2, 0) is 9.59 Å². The zero-order valence-corrected chi connectivity index (χ0v) is 9.61. The van der Waals surface area contributed by atoms with Crippen LogP contribution in [0.1, 0.15) is 6.42 Å². The standard InChI is InChI=1S/C13H11N3O2/c17-12-7-13(18)16(8-12)11-3-1-10(2-4-11)15-6-5-14-9-15/h1-6,9H,7-8H2. The number of hydrogen-bond donors (Lipinski definition) is 0. The Kier molecular flexibility index (Phi) is 2.44. The topological polar surface area (TPSA) is 55.2 Å². The normalized spacial score (nSPS) is 15.4. The summed E-state index contributed by atoms with van der Waals surface area (Å²) < 4.78 is 1.88. The molecular formula is C13H11N3O2. The van der Waals surface area contributed by atoms with Gasteiger partial charge in [0.15, 0.2) is 5.78 Å². The number of Topliss-reactive ketones (excluding diaryl/α,β-unsaturated/α-hetero) is 1. The Labute approximate surface area is 104 Å². The molecule has 0 aliphatic carbocycles. The van der Waals surface area contributed by atoms with E-state index in [4.69, 9.17) is 0 Å². The van der Waals surface area contributed by atoms with Gasteiger partial charge in [0.1, 0.15) is 0 Å². The fourth-order valence-electron chi connectivity index (χ4n) is 2.04. The number of carbonyl (C=O) groups excluding carboxylic acids is 2. The molecule has 90 valence electrons. The molecule has 18 heavy (non-hydrogen) atoms. The summed E-state index contributed by atoms with van der Waals surface area (Å²) in [5.74, 6) is -0.158. The number of ketones is 1. The second kappa shape index (κ2) is 4.10. The molecule has 1 saturated heterocycles. The molecule has 5 nitrogen and oxygen atoms in total. The molecular weight excluding hydrogens is 230 g/mol. The molecule has 1 aromatic heterocycles. The second-order valence-corrected chi connectivity index (χ2v) is 4.18. The second-order valence-electron chi connectivity index (χ2n) is 4.18. The van der Waals surface area contributed by atoms with Gasteiger partial charge in [-0.1, -0.05) is 0 Å². The molecule has 2 heterocycles. The van der Waals surface area contributed by atoms with Gasteiger partial charge >= 0.3 is 0 Å². The maximum Gasteiger partial charge on any atom is 0.234 e. The van der Waals surface area contributed by atoms with Crippen LogP contribution in [0.4, 0.5) is 5.69 Å². The first kappa shape index (κ1) is 10.7. The lowest BCUT2D eigenvalue weighted by molar-refractivity contribution is -0.121. The Morgan fingerprint density at radius 2 is 1.78 bits per heavy atom. The summed E-state index contributed by atoms with van der Waals surface area (Å²) in [6, 6.07) is 7.47. The van der Waals surface area contributed by atoms with Gasteiger partial charge in [-0.05, 0) is 24.3 Å². The van der Waals surface area contributed by atoms with E-state index in [1.807, 2.05) is 35.0 Å². The molecule has 0 radical (unpaired) electrons. The van der Waals surface area contributed by atoms with Crippen molar-refractivity contribution in [3.05, 3.63) is 43.0 Å². The molecule has 0 bridgehead atoms.